The molecule has 0 atom stereocenters. The van der Waals surface area contributed by atoms with Crippen LogP contribution in [-0.2, 0) is 6.18 Å². The average molecular weight is 275 g/mol. The molecule has 5 heteroatoms. The lowest BCUT2D eigenvalue weighted by atomic mass is 10.0. The van der Waals surface area contributed by atoms with E-state index in [1.807, 2.05) is 0 Å². The maximum absolute atomic E-state index is 12.7. The molecule has 0 fully saturated rings. The van der Waals surface area contributed by atoms with E-state index in [1.165, 1.54) is 36.4 Å². The SMILES string of the molecule is Fc1ccc(-c2ccc(C(F)(F)F)c(Cl)c2)cc1. The van der Waals surface area contributed by atoms with Crippen LogP contribution >= 0.6 is 11.6 Å². The van der Waals surface area contributed by atoms with Gasteiger partial charge in [0.1, 0.15) is 5.82 Å². The zero-order valence-corrected chi connectivity index (χ0v) is 9.69. The van der Waals surface area contributed by atoms with Crippen molar-refractivity contribution in [1.82, 2.24) is 0 Å². The van der Waals surface area contributed by atoms with E-state index in [4.69, 9.17) is 11.6 Å². The molecule has 0 aromatic heterocycles. The summed E-state index contributed by atoms with van der Waals surface area (Å²) in [6.45, 7) is 0. The lowest BCUT2D eigenvalue weighted by Gasteiger charge is -2.10. The van der Waals surface area contributed by atoms with Crippen molar-refractivity contribution in [2.24, 2.45) is 0 Å². The Morgan fingerprint density at radius 3 is 1.89 bits per heavy atom. The number of halogens is 5. The summed E-state index contributed by atoms with van der Waals surface area (Å²) in [7, 11) is 0. The van der Waals surface area contributed by atoms with Crippen molar-refractivity contribution in [3.63, 3.8) is 0 Å². The summed E-state index contributed by atoms with van der Waals surface area (Å²) >= 11 is 5.60. The molecule has 2 rings (SSSR count). The van der Waals surface area contributed by atoms with E-state index < -0.39 is 17.6 Å². The van der Waals surface area contributed by atoms with Gasteiger partial charge in [-0.1, -0.05) is 29.8 Å². The third kappa shape index (κ3) is 2.64. The zero-order valence-electron chi connectivity index (χ0n) is 8.93. The highest BCUT2D eigenvalue weighted by atomic mass is 35.5. The first-order valence-corrected chi connectivity index (χ1v) is 5.38. The molecule has 0 saturated heterocycles. The first-order valence-electron chi connectivity index (χ1n) is 5.00. The molecule has 0 amide bonds. The van der Waals surface area contributed by atoms with Gasteiger partial charge in [0.15, 0.2) is 0 Å². The summed E-state index contributed by atoms with van der Waals surface area (Å²) in [4.78, 5) is 0. The van der Waals surface area contributed by atoms with E-state index in [1.54, 1.807) is 0 Å². The summed E-state index contributed by atoms with van der Waals surface area (Å²) in [5, 5.41) is -0.371. The third-order valence-electron chi connectivity index (χ3n) is 2.45. The highest BCUT2D eigenvalue weighted by molar-refractivity contribution is 6.31. The van der Waals surface area contributed by atoms with Crippen LogP contribution in [-0.4, -0.2) is 0 Å². The van der Waals surface area contributed by atoms with E-state index in [9.17, 15) is 17.6 Å². The van der Waals surface area contributed by atoms with Gasteiger partial charge in [0.25, 0.3) is 0 Å². The Hall–Kier alpha value is -1.55. The van der Waals surface area contributed by atoms with Crippen molar-refractivity contribution < 1.29 is 17.6 Å². The minimum absolute atomic E-state index is 0.371. The minimum atomic E-state index is -4.47. The van der Waals surface area contributed by atoms with Gasteiger partial charge in [0.05, 0.1) is 10.6 Å². The van der Waals surface area contributed by atoms with E-state index in [2.05, 4.69) is 0 Å². The van der Waals surface area contributed by atoms with Crippen LogP contribution in [0.1, 0.15) is 5.56 Å². The summed E-state index contributed by atoms with van der Waals surface area (Å²) in [5.74, 6) is -0.406. The molecule has 2 aromatic carbocycles. The Kier molecular flexibility index (Phi) is 3.30. The molecular weight excluding hydrogens is 268 g/mol. The second-order valence-electron chi connectivity index (χ2n) is 3.70. The highest BCUT2D eigenvalue weighted by Crippen LogP contribution is 2.36. The minimum Gasteiger partial charge on any atom is -0.207 e. The highest BCUT2D eigenvalue weighted by Gasteiger charge is 2.33. The van der Waals surface area contributed by atoms with Gasteiger partial charge in [-0.15, -0.1) is 0 Å². The van der Waals surface area contributed by atoms with Crippen molar-refractivity contribution in [2.75, 3.05) is 0 Å². The average Bonchev–Trinajstić information content (AvgIpc) is 2.28. The summed E-state index contributed by atoms with van der Waals surface area (Å²) in [5.41, 5.74) is 0.232. The van der Waals surface area contributed by atoms with Gasteiger partial charge in [-0.05, 0) is 35.4 Å². The molecule has 2 aromatic rings. The fraction of sp³-hybridized carbons (Fsp3) is 0.0769. The lowest BCUT2D eigenvalue weighted by Crippen LogP contribution is -2.05. The molecule has 0 aliphatic rings. The van der Waals surface area contributed by atoms with E-state index in [0.29, 0.717) is 11.1 Å². The van der Waals surface area contributed by atoms with Gasteiger partial charge in [-0.2, -0.15) is 13.2 Å². The summed E-state index contributed by atoms with van der Waals surface area (Å²) in [6, 6.07) is 8.88. The molecule has 0 N–H and O–H groups in total. The van der Waals surface area contributed by atoms with Crippen LogP contribution in [0.3, 0.4) is 0 Å². The van der Waals surface area contributed by atoms with Crippen LogP contribution < -0.4 is 0 Å². The fourth-order valence-corrected chi connectivity index (χ4v) is 1.85. The molecular formula is C13H7ClF4. The normalized spacial score (nSPS) is 11.6. The van der Waals surface area contributed by atoms with E-state index in [0.717, 1.165) is 6.07 Å². The standard InChI is InChI=1S/C13H7ClF4/c14-12-7-9(3-6-11(12)13(16,17)18)8-1-4-10(15)5-2-8/h1-7H. The van der Waals surface area contributed by atoms with Gasteiger partial charge < -0.3 is 0 Å². The van der Waals surface area contributed by atoms with Gasteiger partial charge in [0.2, 0.25) is 0 Å². The van der Waals surface area contributed by atoms with Gasteiger partial charge in [0, 0.05) is 0 Å². The van der Waals surface area contributed by atoms with Crippen molar-refractivity contribution >= 4 is 11.6 Å². The van der Waals surface area contributed by atoms with Gasteiger partial charge in [-0.25, -0.2) is 4.39 Å². The van der Waals surface area contributed by atoms with Crippen molar-refractivity contribution in [3.05, 3.63) is 58.9 Å². The maximum atomic E-state index is 12.7. The Bertz CT molecular complexity index is 558. The monoisotopic (exact) mass is 274 g/mol. The number of rotatable bonds is 1. The van der Waals surface area contributed by atoms with Crippen LogP contribution in [0.25, 0.3) is 11.1 Å². The van der Waals surface area contributed by atoms with E-state index in [-0.39, 0.29) is 5.02 Å². The molecule has 0 spiro atoms. The maximum Gasteiger partial charge on any atom is 0.417 e. The molecule has 0 aliphatic heterocycles. The lowest BCUT2D eigenvalue weighted by molar-refractivity contribution is -0.137. The molecule has 0 saturated carbocycles. The van der Waals surface area contributed by atoms with Crippen LogP contribution in [0.5, 0.6) is 0 Å². The molecule has 0 nitrogen and oxygen atoms in total. The number of hydrogen-bond donors (Lipinski definition) is 0. The predicted molar refractivity (Wildman–Crippen MR) is 61.8 cm³/mol. The quantitative estimate of drug-likeness (QED) is 0.630. The van der Waals surface area contributed by atoms with Crippen LogP contribution in [0.4, 0.5) is 17.6 Å². The molecule has 94 valence electrons. The molecule has 0 bridgehead atoms. The fourth-order valence-electron chi connectivity index (χ4n) is 1.57. The molecule has 0 aliphatic carbocycles. The van der Waals surface area contributed by atoms with E-state index >= 15 is 0 Å². The summed E-state index contributed by atoms with van der Waals surface area (Å²) < 4.78 is 50.2. The predicted octanol–water partition coefficient (Wildman–Crippen LogP) is 5.16. The van der Waals surface area contributed by atoms with Crippen LogP contribution in [0.2, 0.25) is 5.02 Å². The second kappa shape index (κ2) is 4.61. The number of alkyl halides is 3. The Balaban J connectivity index is 2.43. The number of benzene rings is 2. The number of hydrogen-bond acceptors (Lipinski definition) is 0. The van der Waals surface area contributed by atoms with Crippen molar-refractivity contribution in [3.8, 4) is 11.1 Å². The van der Waals surface area contributed by atoms with Crippen LogP contribution in [0, 0.1) is 5.82 Å². The molecule has 0 radical (unpaired) electrons. The largest absolute Gasteiger partial charge is 0.417 e. The molecule has 0 unspecified atom stereocenters. The topological polar surface area (TPSA) is 0 Å². The van der Waals surface area contributed by atoms with Gasteiger partial charge in [-0.3, -0.25) is 0 Å². The Labute approximate surface area is 106 Å². The van der Waals surface area contributed by atoms with Crippen molar-refractivity contribution in [1.29, 1.82) is 0 Å². The Morgan fingerprint density at radius 1 is 0.833 bits per heavy atom. The van der Waals surface area contributed by atoms with Gasteiger partial charge >= 0.3 is 6.18 Å². The first kappa shape index (κ1) is 12.9. The summed E-state index contributed by atoms with van der Waals surface area (Å²) in [6.07, 6.45) is -4.47. The van der Waals surface area contributed by atoms with Crippen LogP contribution in [0.15, 0.2) is 42.5 Å². The second-order valence-corrected chi connectivity index (χ2v) is 4.11. The first-order chi connectivity index (χ1) is 8.38. The third-order valence-corrected chi connectivity index (χ3v) is 2.76. The zero-order chi connectivity index (χ0) is 13.3. The van der Waals surface area contributed by atoms with Crippen molar-refractivity contribution in [2.45, 2.75) is 6.18 Å². The molecule has 0 heterocycles. The smallest absolute Gasteiger partial charge is 0.207 e. The molecule has 18 heavy (non-hydrogen) atoms. The Morgan fingerprint density at radius 2 is 1.39 bits per heavy atom.